The third-order valence-electron chi connectivity index (χ3n) is 4.35. The van der Waals surface area contributed by atoms with Crippen LogP contribution in [0.3, 0.4) is 0 Å². The van der Waals surface area contributed by atoms with Crippen molar-refractivity contribution in [2.45, 2.75) is 0 Å². The molecular formula is C20H15FN4O4. The van der Waals surface area contributed by atoms with Crippen LogP contribution in [0, 0.1) is 5.82 Å². The van der Waals surface area contributed by atoms with E-state index in [0.29, 0.717) is 27.8 Å². The molecule has 0 radical (unpaired) electrons. The summed E-state index contributed by atoms with van der Waals surface area (Å²) in [7, 11) is 0. The first-order chi connectivity index (χ1) is 13.9. The molecule has 9 heteroatoms. The molecule has 0 saturated heterocycles. The molecule has 29 heavy (non-hydrogen) atoms. The maximum Gasteiger partial charge on any atom is 0.255 e. The Morgan fingerprint density at radius 1 is 1.00 bits per heavy atom. The zero-order valence-corrected chi connectivity index (χ0v) is 14.8. The van der Waals surface area contributed by atoms with Gasteiger partial charge in [0.1, 0.15) is 11.3 Å². The van der Waals surface area contributed by atoms with Gasteiger partial charge in [-0.05, 0) is 66.7 Å². The minimum Gasteiger partial charge on any atom is -0.426 e. The molecule has 0 aliphatic heterocycles. The number of amides is 1. The Hall–Kier alpha value is -3.95. The fourth-order valence-electron chi connectivity index (χ4n) is 2.88. The maximum atomic E-state index is 13.0. The number of anilines is 2. The molecule has 146 valence electrons. The van der Waals surface area contributed by atoms with E-state index in [-0.39, 0.29) is 16.7 Å². The van der Waals surface area contributed by atoms with Gasteiger partial charge in [0.05, 0.1) is 11.2 Å². The first-order valence-corrected chi connectivity index (χ1v) is 8.49. The first kappa shape index (κ1) is 18.4. The normalized spacial score (nSPS) is 10.9. The van der Waals surface area contributed by atoms with Crippen molar-refractivity contribution in [3.05, 3.63) is 78.1 Å². The van der Waals surface area contributed by atoms with Crippen LogP contribution in [-0.2, 0) is 0 Å². The number of nitrogens with one attached hydrogen (secondary N) is 1. The van der Waals surface area contributed by atoms with Crippen molar-refractivity contribution in [2.75, 3.05) is 10.5 Å². The largest absolute Gasteiger partial charge is 0.426 e. The van der Waals surface area contributed by atoms with Gasteiger partial charge in [0.25, 0.3) is 5.91 Å². The molecule has 1 amide bonds. The summed E-state index contributed by atoms with van der Waals surface area (Å²) in [6.45, 7) is 0. The molecule has 3 aromatic carbocycles. The van der Waals surface area contributed by atoms with Crippen molar-refractivity contribution in [1.82, 2.24) is 9.71 Å². The lowest BCUT2D eigenvalue weighted by Gasteiger charge is -2.08. The molecule has 0 aliphatic rings. The van der Waals surface area contributed by atoms with Gasteiger partial charge in [0.2, 0.25) is 0 Å². The van der Waals surface area contributed by atoms with E-state index in [2.05, 4.69) is 10.3 Å². The van der Waals surface area contributed by atoms with E-state index in [1.807, 2.05) is 0 Å². The number of hydrogen-bond donors (Lipinski definition) is 4. The molecular weight excluding hydrogens is 379 g/mol. The fourth-order valence-corrected chi connectivity index (χ4v) is 2.88. The molecule has 4 N–H and O–H groups in total. The molecule has 0 spiro atoms. The monoisotopic (exact) mass is 394 g/mol. The molecule has 0 atom stereocenters. The highest BCUT2D eigenvalue weighted by Gasteiger charge is 2.14. The predicted molar refractivity (Wildman–Crippen MR) is 103 cm³/mol. The van der Waals surface area contributed by atoms with Crippen molar-refractivity contribution in [3.63, 3.8) is 0 Å². The van der Waals surface area contributed by atoms with Gasteiger partial charge in [-0.15, -0.1) is 5.23 Å². The quantitative estimate of drug-likeness (QED) is 0.308. The van der Waals surface area contributed by atoms with E-state index >= 15 is 0 Å². The number of halogens is 1. The van der Waals surface area contributed by atoms with Gasteiger partial charge in [-0.1, -0.05) is 0 Å². The first-order valence-electron chi connectivity index (χ1n) is 8.49. The summed E-state index contributed by atoms with van der Waals surface area (Å²) in [5, 5.41) is 31.2. The number of carbonyl (C=O) groups is 1. The van der Waals surface area contributed by atoms with Gasteiger partial charge in [-0.25, -0.2) is 9.37 Å². The van der Waals surface area contributed by atoms with Crippen molar-refractivity contribution < 1.29 is 24.8 Å². The van der Waals surface area contributed by atoms with Crippen LogP contribution >= 0.6 is 0 Å². The predicted octanol–water partition coefficient (Wildman–Crippen LogP) is 3.92. The van der Waals surface area contributed by atoms with Crippen molar-refractivity contribution >= 4 is 28.3 Å². The summed E-state index contributed by atoms with van der Waals surface area (Å²) < 4.78 is 13.9. The van der Waals surface area contributed by atoms with Crippen molar-refractivity contribution in [3.8, 4) is 11.4 Å². The number of rotatable bonds is 4. The summed E-state index contributed by atoms with van der Waals surface area (Å²) >= 11 is 0. The Bertz CT molecular complexity index is 1190. The fraction of sp³-hybridized carbons (Fsp3) is 0. The van der Waals surface area contributed by atoms with Crippen LogP contribution in [-0.4, -0.2) is 31.2 Å². The van der Waals surface area contributed by atoms with Crippen molar-refractivity contribution in [1.29, 1.82) is 0 Å². The van der Waals surface area contributed by atoms with Crippen molar-refractivity contribution in [2.24, 2.45) is 0 Å². The van der Waals surface area contributed by atoms with Crippen LogP contribution in [0.25, 0.3) is 22.4 Å². The molecule has 1 heterocycles. The minimum atomic E-state index is -0.432. The highest BCUT2D eigenvalue weighted by atomic mass is 19.1. The molecule has 0 unspecified atom stereocenters. The number of aromatic nitrogens is 2. The molecule has 0 aliphatic carbocycles. The lowest BCUT2D eigenvalue weighted by Crippen LogP contribution is -2.11. The minimum absolute atomic E-state index is 0.0121. The Balaban J connectivity index is 1.63. The molecule has 0 bridgehead atoms. The highest BCUT2D eigenvalue weighted by molar-refractivity contribution is 6.05. The summed E-state index contributed by atoms with van der Waals surface area (Å²) in [5.41, 5.74) is 2.29. The SMILES string of the molecule is O=C(Nc1ccc2nc(-c3ccc(N(O)O)cc3)n(O)c2c1)c1ccc(F)cc1. The molecule has 4 aromatic rings. The topological polar surface area (TPSA) is 111 Å². The van der Waals surface area contributed by atoms with Gasteiger partial charge in [-0.2, -0.15) is 4.73 Å². The van der Waals surface area contributed by atoms with E-state index < -0.39 is 11.7 Å². The van der Waals surface area contributed by atoms with E-state index in [4.69, 9.17) is 10.4 Å². The van der Waals surface area contributed by atoms with E-state index in [1.54, 1.807) is 30.3 Å². The third kappa shape index (κ3) is 3.59. The van der Waals surface area contributed by atoms with Crippen LogP contribution in [0.15, 0.2) is 66.7 Å². The van der Waals surface area contributed by atoms with Crippen LogP contribution in [0.1, 0.15) is 10.4 Å². The molecule has 0 fully saturated rings. The average molecular weight is 394 g/mol. The van der Waals surface area contributed by atoms with Crippen LogP contribution < -0.4 is 10.5 Å². The Kier molecular flexibility index (Phi) is 4.59. The van der Waals surface area contributed by atoms with Gasteiger partial charge in [0.15, 0.2) is 5.82 Å². The molecule has 1 aromatic heterocycles. The number of hydrogen-bond acceptors (Lipinski definition) is 6. The summed E-state index contributed by atoms with van der Waals surface area (Å²) in [6, 6.07) is 16.0. The van der Waals surface area contributed by atoms with Crippen LogP contribution in [0.4, 0.5) is 15.8 Å². The second-order valence-corrected chi connectivity index (χ2v) is 6.25. The lowest BCUT2D eigenvalue weighted by atomic mass is 10.2. The summed E-state index contributed by atoms with van der Waals surface area (Å²) in [6.07, 6.45) is 0. The zero-order chi connectivity index (χ0) is 20.5. The Morgan fingerprint density at radius 2 is 1.69 bits per heavy atom. The Morgan fingerprint density at radius 3 is 2.34 bits per heavy atom. The smallest absolute Gasteiger partial charge is 0.255 e. The number of fused-ring (bicyclic) bond motifs is 1. The van der Waals surface area contributed by atoms with Gasteiger partial charge >= 0.3 is 0 Å². The molecule has 4 rings (SSSR count). The third-order valence-corrected chi connectivity index (χ3v) is 4.35. The highest BCUT2D eigenvalue weighted by Crippen LogP contribution is 2.27. The standard InChI is InChI=1S/C20H15FN4O4/c21-14-5-1-13(2-6-14)20(26)22-15-7-10-17-18(11-15)24(27)19(23-17)12-3-8-16(9-4-12)25(28)29/h1-11,27-29H,(H,22,26). The molecule has 8 nitrogen and oxygen atoms in total. The average Bonchev–Trinajstić information content (AvgIpc) is 3.05. The van der Waals surface area contributed by atoms with Crippen LogP contribution in [0.2, 0.25) is 0 Å². The van der Waals surface area contributed by atoms with Gasteiger partial charge < -0.3 is 10.5 Å². The zero-order valence-electron chi connectivity index (χ0n) is 14.8. The summed E-state index contributed by atoms with van der Waals surface area (Å²) in [4.78, 5) is 16.7. The summed E-state index contributed by atoms with van der Waals surface area (Å²) in [5.74, 6) is -0.601. The van der Waals surface area contributed by atoms with Crippen LogP contribution in [0.5, 0.6) is 0 Å². The number of benzene rings is 3. The van der Waals surface area contributed by atoms with Gasteiger partial charge in [0, 0.05) is 16.8 Å². The Labute approximate surface area is 163 Å². The van der Waals surface area contributed by atoms with E-state index in [9.17, 15) is 14.4 Å². The van der Waals surface area contributed by atoms with E-state index in [0.717, 1.165) is 4.73 Å². The van der Waals surface area contributed by atoms with E-state index in [1.165, 1.54) is 36.4 Å². The number of imidazole rings is 1. The van der Waals surface area contributed by atoms with Gasteiger partial charge in [-0.3, -0.25) is 15.2 Å². The number of nitrogens with zero attached hydrogens (tertiary/aromatic N) is 3. The second kappa shape index (κ2) is 7.23. The number of carbonyl (C=O) groups excluding carboxylic acids is 1. The molecule has 0 saturated carbocycles. The maximum absolute atomic E-state index is 13.0. The lowest BCUT2D eigenvalue weighted by molar-refractivity contribution is 0.0291. The second-order valence-electron chi connectivity index (χ2n) is 6.25.